The quantitative estimate of drug-likeness (QED) is 0.787. The molecule has 0 aliphatic heterocycles. The highest BCUT2D eigenvalue weighted by molar-refractivity contribution is 6.07. The minimum Gasteiger partial charge on any atom is -0.497 e. The van der Waals surface area contributed by atoms with Crippen LogP contribution in [0.5, 0.6) is 5.75 Å². The molecular formula is C13H13N3O4. The maximum atomic E-state index is 12.1. The number of rotatable bonds is 4. The molecule has 0 atom stereocenters. The van der Waals surface area contributed by atoms with Crippen LogP contribution in [0.2, 0.25) is 0 Å². The molecule has 0 saturated carbocycles. The van der Waals surface area contributed by atoms with Gasteiger partial charge in [0.1, 0.15) is 11.3 Å². The van der Waals surface area contributed by atoms with Crippen LogP contribution in [-0.4, -0.2) is 34.3 Å². The van der Waals surface area contributed by atoms with Crippen LogP contribution < -0.4 is 10.1 Å². The van der Waals surface area contributed by atoms with Crippen molar-refractivity contribution in [2.24, 2.45) is 0 Å². The number of hydrogen-bond acceptors (Lipinski definition) is 4. The Morgan fingerprint density at radius 1 is 1.40 bits per heavy atom. The fraction of sp³-hybridized carbons (Fsp3) is 0.154. The minimum absolute atomic E-state index is 0.0113. The molecule has 0 aliphatic carbocycles. The number of aromatic carboxylic acids is 1. The lowest BCUT2D eigenvalue weighted by Gasteiger charge is -2.05. The Bertz CT molecular complexity index is 663. The maximum absolute atomic E-state index is 12.1. The summed E-state index contributed by atoms with van der Waals surface area (Å²) in [6, 6.07) is 6.52. The Labute approximate surface area is 114 Å². The molecule has 0 unspecified atom stereocenters. The third-order valence-electron chi connectivity index (χ3n) is 2.72. The number of nitrogens with zero attached hydrogens (tertiary/aromatic N) is 1. The van der Waals surface area contributed by atoms with Crippen LogP contribution in [-0.2, 0) is 0 Å². The Morgan fingerprint density at radius 3 is 2.80 bits per heavy atom. The fourth-order valence-corrected chi connectivity index (χ4v) is 1.73. The highest BCUT2D eigenvalue weighted by Gasteiger charge is 2.19. The first-order valence-corrected chi connectivity index (χ1v) is 5.76. The van der Waals surface area contributed by atoms with Crippen LogP contribution >= 0.6 is 0 Å². The number of carbonyl (C=O) groups is 2. The molecule has 1 amide bonds. The van der Waals surface area contributed by atoms with Gasteiger partial charge in [-0.2, -0.15) is 5.10 Å². The van der Waals surface area contributed by atoms with Gasteiger partial charge in [-0.05, 0) is 25.1 Å². The number of nitrogens with one attached hydrogen (secondary N) is 2. The van der Waals surface area contributed by atoms with Crippen molar-refractivity contribution in [3.8, 4) is 5.75 Å². The Kier molecular flexibility index (Phi) is 3.69. The Morgan fingerprint density at radius 2 is 2.15 bits per heavy atom. The van der Waals surface area contributed by atoms with Gasteiger partial charge in [-0.15, -0.1) is 0 Å². The van der Waals surface area contributed by atoms with E-state index in [-0.39, 0.29) is 11.4 Å². The van der Waals surface area contributed by atoms with Crippen molar-refractivity contribution in [3.63, 3.8) is 0 Å². The number of carbonyl (C=O) groups excluding carboxylic acids is 1. The zero-order chi connectivity index (χ0) is 14.7. The van der Waals surface area contributed by atoms with E-state index in [0.29, 0.717) is 17.0 Å². The third-order valence-corrected chi connectivity index (χ3v) is 2.72. The van der Waals surface area contributed by atoms with Gasteiger partial charge >= 0.3 is 5.97 Å². The molecule has 20 heavy (non-hydrogen) atoms. The second-order valence-corrected chi connectivity index (χ2v) is 4.06. The van der Waals surface area contributed by atoms with E-state index >= 15 is 0 Å². The second-order valence-electron chi connectivity index (χ2n) is 4.06. The largest absolute Gasteiger partial charge is 0.497 e. The number of hydrogen-bond donors (Lipinski definition) is 3. The summed E-state index contributed by atoms with van der Waals surface area (Å²) >= 11 is 0. The highest BCUT2D eigenvalue weighted by Crippen LogP contribution is 2.18. The Balaban J connectivity index is 2.26. The highest BCUT2D eigenvalue weighted by atomic mass is 16.5. The van der Waals surface area contributed by atoms with Crippen LogP contribution in [0, 0.1) is 6.92 Å². The molecule has 0 aliphatic rings. The SMILES string of the molecule is COc1cccc(C(=O)Nc2n[nH]c(C)c2C(=O)O)c1. The lowest BCUT2D eigenvalue weighted by atomic mass is 10.2. The van der Waals surface area contributed by atoms with Gasteiger partial charge in [0.05, 0.1) is 7.11 Å². The van der Waals surface area contributed by atoms with Crippen molar-refractivity contribution in [3.05, 3.63) is 41.1 Å². The standard InChI is InChI=1S/C13H13N3O4/c1-7-10(13(18)19)11(16-15-7)14-12(17)8-4-3-5-9(6-8)20-2/h3-6H,1-2H3,(H,18,19)(H2,14,15,16,17). The molecule has 7 nitrogen and oxygen atoms in total. The van der Waals surface area contributed by atoms with Gasteiger partial charge in [-0.1, -0.05) is 6.07 Å². The number of carboxylic acid groups (broad SMARTS) is 1. The molecule has 0 saturated heterocycles. The molecule has 0 spiro atoms. The number of ether oxygens (including phenoxy) is 1. The van der Waals surface area contributed by atoms with Gasteiger partial charge in [-0.3, -0.25) is 9.89 Å². The van der Waals surface area contributed by atoms with E-state index in [4.69, 9.17) is 9.84 Å². The van der Waals surface area contributed by atoms with Crippen molar-refractivity contribution in [2.75, 3.05) is 12.4 Å². The molecule has 1 heterocycles. The van der Waals surface area contributed by atoms with E-state index in [9.17, 15) is 9.59 Å². The summed E-state index contributed by atoms with van der Waals surface area (Å²) in [5.41, 5.74) is 0.668. The average molecular weight is 275 g/mol. The fourth-order valence-electron chi connectivity index (χ4n) is 1.73. The van der Waals surface area contributed by atoms with E-state index in [1.165, 1.54) is 7.11 Å². The van der Waals surface area contributed by atoms with E-state index in [2.05, 4.69) is 15.5 Å². The number of aromatic amines is 1. The summed E-state index contributed by atoms with van der Waals surface area (Å²) < 4.78 is 5.03. The third kappa shape index (κ3) is 2.61. The number of aryl methyl sites for hydroxylation is 1. The van der Waals surface area contributed by atoms with Crippen LogP contribution in [0.25, 0.3) is 0 Å². The smallest absolute Gasteiger partial charge is 0.341 e. The first kappa shape index (κ1) is 13.6. The summed E-state index contributed by atoms with van der Waals surface area (Å²) in [4.78, 5) is 23.1. The van der Waals surface area contributed by atoms with E-state index in [1.807, 2.05) is 0 Å². The lowest BCUT2D eigenvalue weighted by Crippen LogP contribution is -2.14. The molecular weight excluding hydrogens is 262 g/mol. The molecule has 2 rings (SSSR count). The number of amides is 1. The van der Waals surface area contributed by atoms with Crippen molar-refractivity contribution in [2.45, 2.75) is 6.92 Å². The Hall–Kier alpha value is -2.83. The second kappa shape index (κ2) is 5.43. The lowest BCUT2D eigenvalue weighted by molar-refractivity contribution is 0.0697. The summed E-state index contributed by atoms with van der Waals surface area (Å²) in [6.45, 7) is 1.57. The molecule has 1 aromatic heterocycles. The normalized spacial score (nSPS) is 10.1. The van der Waals surface area contributed by atoms with Gasteiger partial charge in [0.15, 0.2) is 5.82 Å². The van der Waals surface area contributed by atoms with Crippen molar-refractivity contribution in [1.82, 2.24) is 10.2 Å². The van der Waals surface area contributed by atoms with Gasteiger partial charge < -0.3 is 15.2 Å². The van der Waals surface area contributed by atoms with Gasteiger partial charge in [0.25, 0.3) is 5.91 Å². The first-order valence-electron chi connectivity index (χ1n) is 5.76. The van der Waals surface area contributed by atoms with Crippen LogP contribution in [0.1, 0.15) is 26.4 Å². The maximum Gasteiger partial charge on any atom is 0.341 e. The number of H-pyrrole nitrogens is 1. The first-order chi connectivity index (χ1) is 9.52. The number of carboxylic acids is 1. The number of aromatic nitrogens is 2. The summed E-state index contributed by atoms with van der Waals surface area (Å²) in [5.74, 6) is -1.09. The van der Waals surface area contributed by atoms with Crippen molar-refractivity contribution >= 4 is 17.7 Å². The predicted octanol–water partition coefficient (Wildman–Crippen LogP) is 1.68. The van der Waals surface area contributed by atoms with Crippen molar-refractivity contribution < 1.29 is 19.4 Å². The zero-order valence-corrected chi connectivity index (χ0v) is 10.9. The van der Waals surface area contributed by atoms with Gasteiger partial charge in [0.2, 0.25) is 0 Å². The summed E-state index contributed by atoms with van der Waals surface area (Å²) in [6.07, 6.45) is 0. The van der Waals surface area contributed by atoms with Crippen molar-refractivity contribution in [1.29, 1.82) is 0 Å². The number of methoxy groups -OCH3 is 1. The molecule has 0 radical (unpaired) electrons. The van der Waals surface area contributed by atoms with Gasteiger partial charge in [-0.25, -0.2) is 4.79 Å². The van der Waals surface area contributed by atoms with Crippen LogP contribution in [0.15, 0.2) is 24.3 Å². The molecule has 2 aromatic rings. The van der Waals surface area contributed by atoms with E-state index in [1.54, 1.807) is 31.2 Å². The molecule has 1 aromatic carbocycles. The van der Waals surface area contributed by atoms with Crippen LogP contribution in [0.4, 0.5) is 5.82 Å². The number of benzene rings is 1. The topological polar surface area (TPSA) is 104 Å². The predicted molar refractivity (Wildman–Crippen MR) is 71.2 cm³/mol. The monoisotopic (exact) mass is 275 g/mol. The number of anilines is 1. The molecule has 7 heteroatoms. The summed E-state index contributed by atoms with van der Waals surface area (Å²) in [7, 11) is 1.50. The van der Waals surface area contributed by atoms with E-state index < -0.39 is 11.9 Å². The average Bonchev–Trinajstić information content (AvgIpc) is 2.79. The van der Waals surface area contributed by atoms with Gasteiger partial charge in [0, 0.05) is 11.3 Å². The molecule has 0 fully saturated rings. The molecule has 3 N–H and O–H groups in total. The van der Waals surface area contributed by atoms with Crippen LogP contribution in [0.3, 0.4) is 0 Å². The molecule has 104 valence electrons. The van der Waals surface area contributed by atoms with E-state index in [0.717, 1.165) is 0 Å². The zero-order valence-electron chi connectivity index (χ0n) is 10.9. The summed E-state index contributed by atoms with van der Waals surface area (Å²) in [5, 5.41) is 17.8. The molecule has 0 bridgehead atoms. The minimum atomic E-state index is -1.16.